The minimum atomic E-state index is -0.994. The minimum absolute atomic E-state index is 0.0287. The topological polar surface area (TPSA) is 112 Å². The second-order valence-corrected chi connectivity index (χ2v) is 13.8. The molecule has 0 bridgehead atoms. The first-order valence-electron chi connectivity index (χ1n) is 16.2. The summed E-state index contributed by atoms with van der Waals surface area (Å²) in [5, 5.41) is 22.1. The SMILES string of the molecule is CN(C)C1CCN(C2(COc3nc4c(c(N5CCN(C(=O)O)C(CC#N)C5)n3)CCN(c3cccc5cccc(Cl)c35)C4)CC2)C1. The van der Waals surface area contributed by atoms with Crippen molar-refractivity contribution >= 4 is 40.0 Å². The van der Waals surface area contributed by atoms with Crippen molar-refractivity contribution in [2.24, 2.45) is 0 Å². The molecule has 4 aliphatic rings. The summed E-state index contributed by atoms with van der Waals surface area (Å²) in [7, 11) is 4.30. The molecule has 0 radical (unpaired) electrons. The number of likely N-dealkylation sites (tertiary alicyclic amines) is 1. The average Bonchev–Trinajstić information content (AvgIpc) is 3.67. The Balaban J connectivity index is 1.20. The number of fused-ring (bicyclic) bond motifs is 2. The Labute approximate surface area is 274 Å². The predicted molar refractivity (Wildman–Crippen MR) is 178 cm³/mol. The summed E-state index contributed by atoms with van der Waals surface area (Å²) in [5.74, 6) is 0.794. The standard InChI is InChI=1S/C34H41ClN8O3/c1-39(2)24-10-16-42(20-24)34(12-13-34)22-46-32-37-28-21-40(29-8-4-6-23-5-3-7-27(35)30(23)29)15-11-26(28)31(38-32)41-17-18-43(33(44)45)25(19-41)9-14-36/h3-8,24-25H,9-13,15-22H2,1-2H3,(H,44,45). The first-order chi connectivity index (χ1) is 22.3. The third-order valence-electron chi connectivity index (χ3n) is 10.4. The van der Waals surface area contributed by atoms with Crippen LogP contribution in [-0.2, 0) is 13.0 Å². The Morgan fingerprint density at radius 1 is 1.11 bits per heavy atom. The molecule has 2 atom stereocenters. The highest BCUT2D eigenvalue weighted by molar-refractivity contribution is 6.36. The van der Waals surface area contributed by atoms with Crippen molar-refractivity contribution in [1.29, 1.82) is 5.26 Å². The summed E-state index contributed by atoms with van der Waals surface area (Å²) in [6.07, 6.45) is 3.22. The molecule has 1 aliphatic carbocycles. The van der Waals surface area contributed by atoms with Crippen LogP contribution in [0.5, 0.6) is 6.01 Å². The summed E-state index contributed by atoms with van der Waals surface area (Å²) in [6.45, 7) is 5.18. The van der Waals surface area contributed by atoms with Crippen LogP contribution in [0, 0.1) is 11.3 Å². The van der Waals surface area contributed by atoms with Gasteiger partial charge in [0.05, 0.1) is 41.3 Å². The van der Waals surface area contributed by atoms with Gasteiger partial charge >= 0.3 is 12.1 Å². The van der Waals surface area contributed by atoms with Gasteiger partial charge in [-0.2, -0.15) is 15.2 Å². The van der Waals surface area contributed by atoms with Gasteiger partial charge in [-0.05, 0) is 57.3 Å². The largest absolute Gasteiger partial charge is 0.465 e. The highest BCUT2D eigenvalue weighted by Gasteiger charge is 2.51. The quantitative estimate of drug-likeness (QED) is 0.377. The summed E-state index contributed by atoms with van der Waals surface area (Å²) >= 11 is 6.72. The van der Waals surface area contributed by atoms with Crippen molar-refractivity contribution in [3.8, 4) is 12.1 Å². The number of hydrogen-bond donors (Lipinski definition) is 1. The van der Waals surface area contributed by atoms with Gasteiger partial charge in [-0.1, -0.05) is 35.9 Å². The van der Waals surface area contributed by atoms with Crippen LogP contribution < -0.4 is 14.5 Å². The lowest BCUT2D eigenvalue weighted by Crippen LogP contribution is -2.55. The number of carbonyl (C=O) groups is 1. The first kappa shape index (κ1) is 30.8. The second kappa shape index (κ2) is 12.4. The van der Waals surface area contributed by atoms with Crippen molar-refractivity contribution in [2.45, 2.75) is 56.3 Å². The summed E-state index contributed by atoms with van der Waals surface area (Å²) in [5.41, 5.74) is 3.07. The smallest absolute Gasteiger partial charge is 0.407 e. The average molecular weight is 645 g/mol. The Morgan fingerprint density at radius 2 is 1.91 bits per heavy atom. The number of carboxylic acid groups (broad SMARTS) is 1. The number of benzene rings is 2. The van der Waals surface area contributed by atoms with Gasteiger partial charge < -0.3 is 29.4 Å². The van der Waals surface area contributed by atoms with Crippen molar-refractivity contribution in [1.82, 2.24) is 24.7 Å². The summed E-state index contributed by atoms with van der Waals surface area (Å²) < 4.78 is 6.50. The highest BCUT2D eigenvalue weighted by Crippen LogP contribution is 2.44. The maximum absolute atomic E-state index is 11.9. The van der Waals surface area contributed by atoms with E-state index in [0.29, 0.717) is 44.8 Å². The Kier molecular flexibility index (Phi) is 8.30. The molecule has 4 heterocycles. The molecule has 46 heavy (non-hydrogen) atoms. The van der Waals surface area contributed by atoms with Crippen LogP contribution in [0.3, 0.4) is 0 Å². The Morgan fingerprint density at radius 3 is 2.63 bits per heavy atom. The van der Waals surface area contributed by atoms with Crippen LogP contribution in [0.2, 0.25) is 5.02 Å². The van der Waals surface area contributed by atoms with Crippen molar-refractivity contribution < 1.29 is 14.6 Å². The van der Waals surface area contributed by atoms with Gasteiger partial charge in [-0.15, -0.1) is 0 Å². The van der Waals surface area contributed by atoms with E-state index in [2.05, 4.69) is 64.0 Å². The molecule has 242 valence electrons. The van der Waals surface area contributed by atoms with Gasteiger partial charge in [-0.3, -0.25) is 4.90 Å². The second-order valence-electron chi connectivity index (χ2n) is 13.3. The molecule has 1 N–H and O–H groups in total. The maximum Gasteiger partial charge on any atom is 0.407 e. The Bertz CT molecular complexity index is 1670. The van der Waals surface area contributed by atoms with Crippen LogP contribution in [0.15, 0.2) is 36.4 Å². The molecule has 1 amide bonds. The molecule has 3 aliphatic heterocycles. The fraction of sp³-hybridized carbons (Fsp3) is 0.529. The first-order valence-corrected chi connectivity index (χ1v) is 16.6. The van der Waals surface area contributed by atoms with Gasteiger partial charge in [-0.25, -0.2) is 4.79 Å². The van der Waals surface area contributed by atoms with Crippen LogP contribution in [-0.4, -0.2) is 113 Å². The van der Waals surface area contributed by atoms with E-state index in [0.717, 1.165) is 83.9 Å². The van der Waals surface area contributed by atoms with E-state index in [4.69, 9.17) is 26.3 Å². The summed E-state index contributed by atoms with van der Waals surface area (Å²) in [6, 6.07) is 14.9. The molecule has 0 spiro atoms. The zero-order valence-electron chi connectivity index (χ0n) is 26.5. The molecule has 2 aromatic carbocycles. The number of nitrogens with zero attached hydrogens (tertiary/aromatic N) is 8. The van der Waals surface area contributed by atoms with Crippen LogP contribution >= 0.6 is 11.6 Å². The molecular weight excluding hydrogens is 604 g/mol. The van der Waals surface area contributed by atoms with Crippen LogP contribution in [0.4, 0.5) is 16.3 Å². The van der Waals surface area contributed by atoms with E-state index in [9.17, 15) is 15.2 Å². The predicted octanol–water partition coefficient (Wildman–Crippen LogP) is 4.48. The number of hydrogen-bond acceptors (Lipinski definition) is 9. The van der Waals surface area contributed by atoms with Gasteiger partial charge in [0, 0.05) is 61.9 Å². The summed E-state index contributed by atoms with van der Waals surface area (Å²) in [4.78, 5) is 32.7. The van der Waals surface area contributed by atoms with Crippen molar-refractivity contribution in [3.05, 3.63) is 52.7 Å². The number of likely N-dealkylation sites (N-methyl/N-ethyl adjacent to an activating group) is 1. The molecule has 12 heteroatoms. The maximum atomic E-state index is 11.9. The molecule has 1 aromatic heterocycles. The fourth-order valence-corrected chi connectivity index (χ4v) is 7.81. The van der Waals surface area contributed by atoms with E-state index in [1.807, 2.05) is 12.1 Å². The normalized spacial score (nSPS) is 22.6. The Hall–Kier alpha value is -3.85. The number of piperazine rings is 1. The molecule has 11 nitrogen and oxygen atoms in total. The third kappa shape index (κ3) is 5.78. The molecule has 2 saturated heterocycles. The fourth-order valence-electron chi connectivity index (χ4n) is 7.53. The minimum Gasteiger partial charge on any atom is -0.465 e. The van der Waals surface area contributed by atoms with Crippen LogP contribution in [0.25, 0.3) is 10.8 Å². The van der Waals surface area contributed by atoms with E-state index < -0.39 is 12.1 Å². The van der Waals surface area contributed by atoms with E-state index in [1.165, 1.54) is 4.90 Å². The van der Waals surface area contributed by atoms with Gasteiger partial charge in [0.1, 0.15) is 12.4 Å². The lowest BCUT2D eigenvalue weighted by atomic mass is 10.0. The number of nitriles is 1. The number of amides is 1. The van der Waals surface area contributed by atoms with Crippen LogP contribution in [0.1, 0.15) is 36.9 Å². The van der Waals surface area contributed by atoms with E-state index in [-0.39, 0.29) is 12.0 Å². The number of ether oxygens (including phenoxy) is 1. The molecule has 7 rings (SSSR count). The molecule has 2 unspecified atom stereocenters. The molecule has 1 saturated carbocycles. The molecule has 3 aromatic rings. The third-order valence-corrected chi connectivity index (χ3v) is 10.7. The lowest BCUT2D eigenvalue weighted by molar-refractivity contribution is 0.118. The van der Waals surface area contributed by atoms with E-state index in [1.54, 1.807) is 0 Å². The number of anilines is 2. The zero-order chi connectivity index (χ0) is 32.0. The number of halogens is 1. The van der Waals surface area contributed by atoms with Crippen molar-refractivity contribution in [2.75, 3.05) is 69.8 Å². The lowest BCUT2D eigenvalue weighted by Gasteiger charge is -2.41. The number of aromatic nitrogens is 2. The van der Waals surface area contributed by atoms with Gasteiger partial charge in [0.15, 0.2) is 0 Å². The monoisotopic (exact) mass is 644 g/mol. The molecule has 3 fully saturated rings. The van der Waals surface area contributed by atoms with Gasteiger partial charge in [0.25, 0.3) is 0 Å². The highest BCUT2D eigenvalue weighted by atomic mass is 35.5. The van der Waals surface area contributed by atoms with E-state index >= 15 is 0 Å². The van der Waals surface area contributed by atoms with Gasteiger partial charge in [0.2, 0.25) is 0 Å². The molecular formula is C34H41ClN8O3. The zero-order valence-corrected chi connectivity index (χ0v) is 27.3. The number of rotatable bonds is 8. The van der Waals surface area contributed by atoms with Crippen molar-refractivity contribution in [3.63, 3.8) is 0 Å².